The molecule has 0 radical (unpaired) electrons. The highest BCUT2D eigenvalue weighted by Gasteiger charge is 2.27. The van der Waals surface area contributed by atoms with Crippen molar-refractivity contribution in [1.29, 1.82) is 0 Å². The average molecular weight is 333 g/mol. The molecule has 0 spiro atoms. The topological polar surface area (TPSA) is 68.0 Å². The smallest absolute Gasteiger partial charge is 0.227 e. The summed E-state index contributed by atoms with van der Waals surface area (Å²) in [6.45, 7) is 1.99. The van der Waals surface area contributed by atoms with E-state index in [1.165, 1.54) is 0 Å². The molecule has 2 unspecified atom stereocenters. The molecule has 6 heteroatoms. The van der Waals surface area contributed by atoms with E-state index in [0.29, 0.717) is 0 Å². The van der Waals surface area contributed by atoms with E-state index >= 15 is 0 Å². The van der Waals surface area contributed by atoms with E-state index in [2.05, 4.69) is 10.3 Å². The lowest BCUT2D eigenvalue weighted by molar-refractivity contribution is -0.119. The van der Waals surface area contributed by atoms with Crippen molar-refractivity contribution in [2.24, 2.45) is 11.7 Å². The highest BCUT2D eigenvalue weighted by molar-refractivity contribution is 8.01. The first-order valence-electron chi connectivity index (χ1n) is 7.36. The van der Waals surface area contributed by atoms with Gasteiger partial charge >= 0.3 is 0 Å². The van der Waals surface area contributed by atoms with Gasteiger partial charge in [-0.05, 0) is 50.5 Å². The quantitative estimate of drug-likeness (QED) is 0.896. The van der Waals surface area contributed by atoms with Gasteiger partial charge in [-0.3, -0.25) is 4.79 Å². The van der Waals surface area contributed by atoms with E-state index in [0.717, 1.165) is 39.9 Å². The van der Waals surface area contributed by atoms with E-state index in [9.17, 15) is 4.79 Å². The second kappa shape index (κ2) is 6.81. The normalized spacial score (nSPS) is 21.0. The Labute approximate surface area is 138 Å². The summed E-state index contributed by atoms with van der Waals surface area (Å²) in [7, 11) is 0. The first-order chi connectivity index (χ1) is 10.6. The molecule has 2 atom stereocenters. The van der Waals surface area contributed by atoms with Gasteiger partial charge in [0.15, 0.2) is 4.34 Å². The van der Waals surface area contributed by atoms with Gasteiger partial charge in [0.2, 0.25) is 5.91 Å². The van der Waals surface area contributed by atoms with Gasteiger partial charge < -0.3 is 11.1 Å². The van der Waals surface area contributed by atoms with E-state index in [1.807, 2.05) is 36.6 Å². The van der Waals surface area contributed by atoms with Gasteiger partial charge in [-0.15, -0.1) is 11.3 Å². The van der Waals surface area contributed by atoms with Crippen molar-refractivity contribution < 1.29 is 4.79 Å². The molecule has 2 aromatic rings. The van der Waals surface area contributed by atoms with Crippen LogP contribution < -0.4 is 11.1 Å². The van der Waals surface area contributed by atoms with Crippen LogP contribution in [0.15, 0.2) is 38.9 Å². The van der Waals surface area contributed by atoms with Crippen LogP contribution in [-0.2, 0) is 4.79 Å². The highest BCUT2D eigenvalue weighted by atomic mass is 32.2. The molecule has 1 aromatic carbocycles. The van der Waals surface area contributed by atoms with Gasteiger partial charge in [-0.25, -0.2) is 4.98 Å². The summed E-state index contributed by atoms with van der Waals surface area (Å²) in [5.41, 5.74) is 7.75. The van der Waals surface area contributed by atoms with Crippen molar-refractivity contribution in [2.75, 3.05) is 5.32 Å². The Morgan fingerprint density at radius 3 is 2.73 bits per heavy atom. The van der Waals surface area contributed by atoms with Crippen molar-refractivity contribution in [3.05, 3.63) is 35.3 Å². The number of amides is 1. The fourth-order valence-electron chi connectivity index (χ4n) is 2.59. The molecule has 0 bridgehead atoms. The van der Waals surface area contributed by atoms with Crippen LogP contribution in [0.2, 0.25) is 0 Å². The second-order valence-electron chi connectivity index (χ2n) is 5.64. The molecule has 0 aliphatic heterocycles. The third kappa shape index (κ3) is 3.88. The van der Waals surface area contributed by atoms with E-state index in [-0.39, 0.29) is 17.9 Å². The number of rotatable bonds is 4. The van der Waals surface area contributed by atoms with Crippen LogP contribution in [0, 0.1) is 12.8 Å². The Balaban J connectivity index is 1.58. The van der Waals surface area contributed by atoms with Gasteiger partial charge in [0.25, 0.3) is 0 Å². The van der Waals surface area contributed by atoms with Gasteiger partial charge in [0, 0.05) is 33.6 Å². The van der Waals surface area contributed by atoms with Crippen LogP contribution in [0.25, 0.3) is 0 Å². The molecule has 1 aromatic heterocycles. The van der Waals surface area contributed by atoms with E-state index < -0.39 is 0 Å². The Hall–Kier alpha value is -1.37. The molecule has 3 rings (SSSR count). The molecule has 116 valence electrons. The standard InChI is InChI=1S/C16H19N3OS2/c1-10-9-21-16(18-10)22-14-6-4-13(5-7-14)19-15(20)11-2-3-12(17)8-11/h4-7,9,11-12H,2-3,8,17H2,1H3,(H,19,20). The summed E-state index contributed by atoms with van der Waals surface area (Å²) in [4.78, 5) is 17.7. The predicted molar refractivity (Wildman–Crippen MR) is 91.4 cm³/mol. The van der Waals surface area contributed by atoms with Crippen LogP contribution in [-0.4, -0.2) is 16.9 Å². The minimum atomic E-state index is 0.0577. The van der Waals surface area contributed by atoms with E-state index in [4.69, 9.17) is 5.73 Å². The van der Waals surface area contributed by atoms with Crippen molar-refractivity contribution in [3.8, 4) is 0 Å². The maximum absolute atomic E-state index is 12.2. The third-order valence-electron chi connectivity index (χ3n) is 3.77. The summed E-state index contributed by atoms with van der Waals surface area (Å²) in [6, 6.07) is 8.08. The Morgan fingerprint density at radius 2 is 2.14 bits per heavy atom. The number of aromatic nitrogens is 1. The predicted octanol–water partition coefficient (Wildman–Crippen LogP) is 3.67. The fraction of sp³-hybridized carbons (Fsp3) is 0.375. The van der Waals surface area contributed by atoms with Crippen LogP contribution in [0.3, 0.4) is 0 Å². The number of hydrogen-bond donors (Lipinski definition) is 2. The Kier molecular flexibility index (Phi) is 4.81. The number of nitrogens with zero attached hydrogens (tertiary/aromatic N) is 1. The first-order valence-corrected chi connectivity index (χ1v) is 9.06. The number of anilines is 1. The number of thiazole rings is 1. The maximum Gasteiger partial charge on any atom is 0.227 e. The molecule has 22 heavy (non-hydrogen) atoms. The number of hydrogen-bond acceptors (Lipinski definition) is 5. The monoisotopic (exact) mass is 333 g/mol. The van der Waals surface area contributed by atoms with E-state index in [1.54, 1.807) is 23.1 Å². The minimum Gasteiger partial charge on any atom is -0.328 e. The zero-order valence-electron chi connectivity index (χ0n) is 12.4. The Bertz CT molecular complexity index is 654. The lowest BCUT2D eigenvalue weighted by Crippen LogP contribution is -2.23. The molecular weight excluding hydrogens is 314 g/mol. The number of carbonyl (C=O) groups is 1. The van der Waals surface area contributed by atoms with Crippen molar-refractivity contribution in [1.82, 2.24) is 4.98 Å². The fourth-order valence-corrected chi connectivity index (χ4v) is 4.39. The van der Waals surface area contributed by atoms with Gasteiger partial charge in [0.1, 0.15) is 0 Å². The molecule has 1 aliphatic carbocycles. The summed E-state index contributed by atoms with van der Waals surface area (Å²) < 4.78 is 1.04. The van der Waals surface area contributed by atoms with Crippen molar-refractivity contribution in [3.63, 3.8) is 0 Å². The molecule has 1 heterocycles. The van der Waals surface area contributed by atoms with Crippen LogP contribution in [0.5, 0.6) is 0 Å². The van der Waals surface area contributed by atoms with Crippen LogP contribution >= 0.6 is 23.1 Å². The molecule has 1 fully saturated rings. The SMILES string of the molecule is Cc1csc(Sc2ccc(NC(=O)C3CCC(N)C3)cc2)n1. The zero-order valence-corrected chi connectivity index (χ0v) is 14.0. The minimum absolute atomic E-state index is 0.0577. The zero-order chi connectivity index (χ0) is 15.5. The number of nitrogens with two attached hydrogens (primary N) is 1. The van der Waals surface area contributed by atoms with Crippen LogP contribution in [0.1, 0.15) is 25.0 Å². The third-order valence-corrected chi connectivity index (χ3v) is 5.83. The van der Waals surface area contributed by atoms with Crippen LogP contribution in [0.4, 0.5) is 5.69 Å². The molecule has 1 aliphatic rings. The first kappa shape index (κ1) is 15.5. The van der Waals surface area contributed by atoms with Gasteiger partial charge in [0.05, 0.1) is 0 Å². The number of aryl methyl sites for hydroxylation is 1. The van der Waals surface area contributed by atoms with Crippen molar-refractivity contribution >= 4 is 34.7 Å². The number of benzene rings is 1. The van der Waals surface area contributed by atoms with Gasteiger partial charge in [-0.1, -0.05) is 11.8 Å². The largest absolute Gasteiger partial charge is 0.328 e. The summed E-state index contributed by atoms with van der Waals surface area (Å²) in [5, 5.41) is 5.03. The molecular formula is C16H19N3OS2. The average Bonchev–Trinajstić information content (AvgIpc) is 3.10. The summed E-state index contributed by atoms with van der Waals surface area (Å²) in [5.74, 6) is 0.145. The molecule has 1 saturated carbocycles. The van der Waals surface area contributed by atoms with Gasteiger partial charge in [-0.2, -0.15) is 0 Å². The molecule has 3 N–H and O–H groups in total. The lowest BCUT2D eigenvalue weighted by atomic mass is 10.1. The maximum atomic E-state index is 12.2. The molecule has 0 saturated heterocycles. The lowest BCUT2D eigenvalue weighted by Gasteiger charge is -2.11. The van der Waals surface area contributed by atoms with Crippen molar-refractivity contribution in [2.45, 2.75) is 41.5 Å². The number of carbonyl (C=O) groups excluding carboxylic acids is 1. The Morgan fingerprint density at radius 1 is 1.36 bits per heavy atom. The summed E-state index contributed by atoms with van der Waals surface area (Å²) in [6.07, 6.45) is 2.63. The highest BCUT2D eigenvalue weighted by Crippen LogP contribution is 2.31. The molecule has 4 nitrogen and oxygen atoms in total. The second-order valence-corrected chi connectivity index (χ2v) is 7.82. The summed E-state index contributed by atoms with van der Waals surface area (Å²) >= 11 is 3.29. The molecule has 1 amide bonds. The number of nitrogens with one attached hydrogen (secondary N) is 1.